The largest absolute Gasteiger partial charge is 0.506 e. The number of ketones is 1. The SMILES string of the molecule is CCC(F)(I)c1cc(P)cc([C@](Cc2ccccc2)(Nc2nc3ccc(C(=O)c4ccccc4)cc3[nH]2)c2ccc(O)cn2)c1. The summed E-state index contributed by atoms with van der Waals surface area (Å²) in [6, 6.07) is 33.6. The summed E-state index contributed by atoms with van der Waals surface area (Å²) in [5, 5.41) is 14.6. The number of carbonyl (C=O) groups excluding carboxylic acids is 1. The van der Waals surface area contributed by atoms with Crippen molar-refractivity contribution < 1.29 is 14.3 Å². The number of aromatic amines is 1. The van der Waals surface area contributed by atoms with Crippen LogP contribution in [0.1, 0.15) is 51.7 Å². The number of aromatic nitrogens is 3. The summed E-state index contributed by atoms with van der Waals surface area (Å²) in [7, 11) is 2.70. The number of hydrogen-bond donors (Lipinski definition) is 3. The van der Waals surface area contributed by atoms with Gasteiger partial charge in [-0.1, -0.05) is 67.6 Å². The fourth-order valence-corrected chi connectivity index (χ4v) is 6.21. The van der Waals surface area contributed by atoms with Crippen LogP contribution in [0, 0.1) is 0 Å². The summed E-state index contributed by atoms with van der Waals surface area (Å²) >= 11 is 1.86. The maximum atomic E-state index is 15.8. The first-order valence-electron chi connectivity index (χ1n) is 14.5. The molecule has 0 aliphatic carbocycles. The molecule has 0 fully saturated rings. The first kappa shape index (κ1) is 30.9. The van der Waals surface area contributed by atoms with Gasteiger partial charge in [0.15, 0.2) is 9.46 Å². The average molecular weight is 729 g/mol. The molecule has 45 heavy (non-hydrogen) atoms. The molecular weight excluding hydrogens is 697 g/mol. The molecule has 0 saturated carbocycles. The maximum absolute atomic E-state index is 15.8. The number of benzene rings is 4. The van der Waals surface area contributed by atoms with Gasteiger partial charge in [-0.2, -0.15) is 0 Å². The average Bonchev–Trinajstić information content (AvgIpc) is 3.46. The number of pyridine rings is 1. The molecule has 0 radical (unpaired) electrons. The van der Waals surface area contributed by atoms with Gasteiger partial charge < -0.3 is 15.4 Å². The minimum absolute atomic E-state index is 0.0354. The van der Waals surface area contributed by atoms with Gasteiger partial charge in [0, 0.05) is 17.5 Å². The fraction of sp³-hybridized carbons (Fsp3) is 0.139. The van der Waals surface area contributed by atoms with Crippen LogP contribution in [-0.4, -0.2) is 25.8 Å². The van der Waals surface area contributed by atoms with Crippen LogP contribution >= 0.6 is 31.8 Å². The lowest BCUT2D eigenvalue weighted by Gasteiger charge is -2.36. The molecule has 3 N–H and O–H groups in total. The Bertz CT molecular complexity index is 1970. The number of nitrogens with one attached hydrogen (secondary N) is 2. The van der Waals surface area contributed by atoms with Crippen molar-refractivity contribution in [3.05, 3.63) is 149 Å². The Hall–Kier alpha value is -4.14. The van der Waals surface area contributed by atoms with E-state index in [0.717, 1.165) is 16.4 Å². The monoisotopic (exact) mass is 728 g/mol. The molecule has 0 spiro atoms. The topological polar surface area (TPSA) is 90.9 Å². The molecule has 0 bridgehead atoms. The van der Waals surface area contributed by atoms with Gasteiger partial charge in [0.25, 0.3) is 0 Å². The predicted octanol–water partition coefficient (Wildman–Crippen LogP) is 7.96. The highest BCUT2D eigenvalue weighted by molar-refractivity contribution is 14.1. The van der Waals surface area contributed by atoms with Crippen LogP contribution in [0.5, 0.6) is 5.75 Å². The first-order chi connectivity index (χ1) is 21.7. The summed E-state index contributed by atoms with van der Waals surface area (Å²) in [6.45, 7) is 1.82. The highest BCUT2D eigenvalue weighted by Crippen LogP contribution is 2.41. The highest BCUT2D eigenvalue weighted by Gasteiger charge is 2.39. The van der Waals surface area contributed by atoms with E-state index in [1.807, 2.05) is 102 Å². The van der Waals surface area contributed by atoms with Crippen LogP contribution in [0.2, 0.25) is 0 Å². The van der Waals surface area contributed by atoms with Crippen molar-refractivity contribution >= 4 is 59.9 Å². The minimum atomic E-state index is -1.58. The third kappa shape index (κ3) is 6.49. The van der Waals surface area contributed by atoms with E-state index in [-0.39, 0.29) is 11.5 Å². The molecule has 226 valence electrons. The second kappa shape index (κ2) is 12.7. The number of carbonyl (C=O) groups is 1. The van der Waals surface area contributed by atoms with Crippen LogP contribution in [0.15, 0.2) is 115 Å². The van der Waals surface area contributed by atoms with Gasteiger partial charge in [-0.15, -0.1) is 9.24 Å². The summed E-state index contributed by atoms with van der Waals surface area (Å²) in [5.41, 5.74) is 4.41. The normalized spacial score (nSPS) is 14.0. The Morgan fingerprint density at radius 3 is 2.33 bits per heavy atom. The van der Waals surface area contributed by atoms with Gasteiger partial charge in [-0.3, -0.25) is 9.78 Å². The molecule has 6 rings (SSSR count). The molecule has 0 amide bonds. The van der Waals surface area contributed by atoms with E-state index in [4.69, 9.17) is 4.98 Å². The lowest BCUT2D eigenvalue weighted by molar-refractivity contribution is 0.103. The molecule has 0 aliphatic heterocycles. The number of anilines is 1. The smallest absolute Gasteiger partial charge is 0.202 e. The van der Waals surface area contributed by atoms with E-state index in [0.29, 0.717) is 52.2 Å². The third-order valence-corrected chi connectivity index (χ3v) is 9.64. The van der Waals surface area contributed by atoms with Gasteiger partial charge in [0.2, 0.25) is 5.95 Å². The van der Waals surface area contributed by atoms with Gasteiger partial charge in [-0.25, -0.2) is 9.37 Å². The van der Waals surface area contributed by atoms with Gasteiger partial charge in [-0.05, 0) is 99.5 Å². The molecule has 2 unspecified atom stereocenters. The summed E-state index contributed by atoms with van der Waals surface area (Å²) in [4.78, 5) is 26.1. The number of H-pyrrole nitrogens is 1. The molecule has 3 atom stereocenters. The minimum Gasteiger partial charge on any atom is -0.506 e. The van der Waals surface area contributed by atoms with E-state index in [1.165, 1.54) is 6.20 Å². The summed E-state index contributed by atoms with van der Waals surface area (Å²) < 4.78 is 14.3. The summed E-state index contributed by atoms with van der Waals surface area (Å²) in [5.74, 6) is 0.406. The van der Waals surface area contributed by atoms with E-state index in [2.05, 4.69) is 24.5 Å². The van der Waals surface area contributed by atoms with Gasteiger partial charge in [0.05, 0.1) is 22.9 Å². The van der Waals surface area contributed by atoms with Crippen molar-refractivity contribution in [2.45, 2.75) is 29.0 Å². The van der Waals surface area contributed by atoms with E-state index >= 15 is 4.39 Å². The Morgan fingerprint density at radius 1 is 0.933 bits per heavy atom. The number of alkyl halides is 2. The molecule has 6 nitrogen and oxygen atoms in total. The van der Waals surface area contributed by atoms with E-state index in [1.54, 1.807) is 36.4 Å². The van der Waals surface area contributed by atoms with Crippen molar-refractivity contribution in [2.24, 2.45) is 0 Å². The Kier molecular flexibility index (Phi) is 8.71. The van der Waals surface area contributed by atoms with Crippen molar-refractivity contribution in [3.63, 3.8) is 0 Å². The number of aromatic hydroxyl groups is 1. The predicted molar refractivity (Wildman–Crippen MR) is 189 cm³/mol. The summed E-state index contributed by atoms with van der Waals surface area (Å²) in [6.07, 6.45) is 2.14. The van der Waals surface area contributed by atoms with Crippen molar-refractivity contribution in [1.82, 2.24) is 15.0 Å². The molecule has 0 saturated heterocycles. The Morgan fingerprint density at radius 2 is 1.64 bits per heavy atom. The number of halogens is 2. The number of nitrogens with zero attached hydrogens (tertiary/aromatic N) is 2. The van der Waals surface area contributed by atoms with E-state index in [9.17, 15) is 9.90 Å². The van der Waals surface area contributed by atoms with Gasteiger partial charge in [0.1, 0.15) is 11.3 Å². The van der Waals surface area contributed by atoms with Crippen LogP contribution in [0.3, 0.4) is 0 Å². The molecular formula is C36H31FIN4O2P. The molecule has 4 aromatic carbocycles. The number of fused-ring (bicyclic) bond motifs is 1. The van der Waals surface area contributed by atoms with Crippen LogP contribution in [0.25, 0.3) is 11.0 Å². The van der Waals surface area contributed by atoms with Gasteiger partial charge >= 0.3 is 0 Å². The van der Waals surface area contributed by atoms with Crippen LogP contribution < -0.4 is 10.6 Å². The zero-order valence-electron chi connectivity index (χ0n) is 24.5. The van der Waals surface area contributed by atoms with Crippen molar-refractivity contribution in [2.75, 3.05) is 5.32 Å². The second-order valence-electron chi connectivity index (χ2n) is 11.0. The highest BCUT2D eigenvalue weighted by atomic mass is 127. The van der Waals surface area contributed by atoms with Crippen molar-refractivity contribution in [3.8, 4) is 5.75 Å². The molecule has 0 aliphatic rings. The molecule has 6 aromatic rings. The van der Waals surface area contributed by atoms with Crippen LogP contribution in [0.4, 0.5) is 10.3 Å². The second-order valence-corrected chi connectivity index (χ2v) is 13.4. The standard InChI is InChI=1S/C36H31FIN4O2P/c1-2-36(37,38)27-18-26(19-29(45)20-27)35(21-23-9-5-3-6-10-23,32-16-14-28(43)22-39-32)42-34-40-30-15-13-25(17-31(30)41-34)33(44)24-11-7-4-8-12-24/h3-20,22,43H,2,21,45H2,1H3,(H2,40,41,42)/t35-,36?/m0/s1. The fourth-order valence-electron chi connectivity index (χ4n) is 5.54. The number of imidazole rings is 1. The molecule has 2 aromatic heterocycles. The zero-order chi connectivity index (χ0) is 31.6. The quantitative estimate of drug-likeness (QED) is 0.0577. The molecule has 9 heteroatoms. The lowest BCUT2D eigenvalue weighted by atomic mass is 9.79. The zero-order valence-corrected chi connectivity index (χ0v) is 27.8. The number of rotatable bonds is 10. The first-order valence-corrected chi connectivity index (χ1v) is 16.2. The lowest BCUT2D eigenvalue weighted by Crippen LogP contribution is -2.41. The third-order valence-electron chi connectivity index (χ3n) is 7.92. The number of hydrogen-bond acceptors (Lipinski definition) is 5. The Balaban J connectivity index is 1.52. The van der Waals surface area contributed by atoms with Crippen molar-refractivity contribution in [1.29, 1.82) is 0 Å². The maximum Gasteiger partial charge on any atom is 0.202 e. The Labute approximate surface area is 276 Å². The van der Waals surface area contributed by atoms with Crippen LogP contribution in [-0.2, 0) is 15.6 Å². The molecule has 2 heterocycles. The van der Waals surface area contributed by atoms with E-state index < -0.39 is 9.21 Å².